The van der Waals surface area contributed by atoms with Gasteiger partial charge in [-0.15, -0.1) is 0 Å². The van der Waals surface area contributed by atoms with Crippen molar-refractivity contribution in [1.82, 2.24) is 4.90 Å². The maximum Gasteiger partial charge on any atom is 0.260 e. The molecule has 0 atom stereocenters. The number of rotatable bonds is 3. The van der Waals surface area contributed by atoms with Crippen molar-refractivity contribution in [1.29, 1.82) is 0 Å². The fourth-order valence-corrected chi connectivity index (χ4v) is 1.34. The second-order valence-electron chi connectivity index (χ2n) is 3.30. The maximum absolute atomic E-state index is 11.8. The molecule has 2 N–H and O–H groups in total. The molecule has 0 unspecified atom stereocenters. The Morgan fingerprint density at radius 1 is 1.44 bits per heavy atom. The normalized spacial score (nSPS) is 9.88. The highest BCUT2D eigenvalue weighted by molar-refractivity contribution is 6.01. The number of carbonyl (C=O) groups excluding carboxylic acids is 2. The van der Waals surface area contributed by atoms with E-state index in [-0.39, 0.29) is 29.2 Å². The number of hydrogen-bond acceptors (Lipinski definition) is 4. The van der Waals surface area contributed by atoms with Crippen LogP contribution in [0.5, 0.6) is 11.5 Å². The van der Waals surface area contributed by atoms with Crippen LogP contribution in [0.1, 0.15) is 22.8 Å². The highest BCUT2D eigenvalue weighted by Crippen LogP contribution is 2.30. The third-order valence-corrected chi connectivity index (χ3v) is 2.37. The number of imide groups is 1. The first-order chi connectivity index (χ1) is 7.52. The molecule has 0 radical (unpaired) electrons. The minimum absolute atomic E-state index is 0.198. The van der Waals surface area contributed by atoms with Gasteiger partial charge in [0.1, 0.15) is 0 Å². The second kappa shape index (κ2) is 4.65. The number of phenolic OH excluding ortho intramolecular Hbond substituents is 2. The van der Waals surface area contributed by atoms with Crippen molar-refractivity contribution < 1.29 is 19.8 Å². The molecule has 0 aromatic heterocycles. The van der Waals surface area contributed by atoms with Gasteiger partial charge in [0.05, 0.1) is 0 Å². The lowest BCUT2D eigenvalue weighted by Crippen LogP contribution is -2.29. The second-order valence-corrected chi connectivity index (χ2v) is 3.30. The average molecular weight is 223 g/mol. The molecular formula is C11H13NO4. The maximum atomic E-state index is 11.8. The van der Waals surface area contributed by atoms with E-state index >= 15 is 0 Å². The Balaban J connectivity index is 3.19. The summed E-state index contributed by atoms with van der Waals surface area (Å²) in [6.07, 6.45) is 0.436. The molecule has 5 nitrogen and oxygen atoms in total. The average Bonchev–Trinajstić information content (AvgIpc) is 2.27. The van der Waals surface area contributed by atoms with Crippen LogP contribution in [0.3, 0.4) is 0 Å². The Morgan fingerprint density at radius 2 is 2.06 bits per heavy atom. The zero-order valence-corrected chi connectivity index (χ0v) is 9.10. The predicted octanol–water partition coefficient (Wildman–Crippen LogP) is 1.02. The molecule has 1 aromatic rings. The first kappa shape index (κ1) is 12.0. The van der Waals surface area contributed by atoms with E-state index in [1.54, 1.807) is 6.92 Å². The summed E-state index contributed by atoms with van der Waals surface area (Å²) in [5, 5.41) is 18.7. The third kappa shape index (κ3) is 1.98. The van der Waals surface area contributed by atoms with Crippen LogP contribution in [0.25, 0.3) is 0 Å². The molecular weight excluding hydrogens is 210 g/mol. The van der Waals surface area contributed by atoms with Gasteiger partial charge in [-0.25, -0.2) is 0 Å². The van der Waals surface area contributed by atoms with E-state index in [0.717, 1.165) is 4.90 Å². The van der Waals surface area contributed by atoms with Gasteiger partial charge in [-0.3, -0.25) is 14.5 Å². The molecule has 0 spiro atoms. The molecule has 16 heavy (non-hydrogen) atoms. The number of carbonyl (C=O) groups is 2. The van der Waals surface area contributed by atoms with E-state index in [1.807, 2.05) is 0 Å². The zero-order valence-electron chi connectivity index (χ0n) is 9.10. The Hall–Kier alpha value is -2.04. The van der Waals surface area contributed by atoms with Crippen LogP contribution in [0.2, 0.25) is 0 Å². The van der Waals surface area contributed by atoms with Crippen LogP contribution in [-0.4, -0.2) is 34.0 Å². The number of nitrogens with zero attached hydrogens (tertiary/aromatic N) is 1. The van der Waals surface area contributed by atoms with Crippen molar-refractivity contribution in [3.63, 3.8) is 0 Å². The van der Waals surface area contributed by atoms with Gasteiger partial charge in [0.15, 0.2) is 11.5 Å². The van der Waals surface area contributed by atoms with Crippen LogP contribution in [0, 0.1) is 6.92 Å². The summed E-state index contributed by atoms with van der Waals surface area (Å²) in [5.74, 6) is -1.12. The molecule has 0 aliphatic carbocycles. The summed E-state index contributed by atoms with van der Waals surface area (Å²) in [6.45, 7) is 3.42. The number of phenols is 2. The largest absolute Gasteiger partial charge is 0.504 e. The number of aromatic hydroxyl groups is 2. The lowest BCUT2D eigenvalue weighted by Gasteiger charge is -2.15. The van der Waals surface area contributed by atoms with Crippen LogP contribution >= 0.6 is 0 Å². The van der Waals surface area contributed by atoms with Gasteiger partial charge in [-0.2, -0.15) is 0 Å². The third-order valence-electron chi connectivity index (χ3n) is 2.37. The number of benzene rings is 1. The van der Waals surface area contributed by atoms with Gasteiger partial charge in [0.25, 0.3) is 5.91 Å². The van der Waals surface area contributed by atoms with E-state index in [4.69, 9.17) is 0 Å². The summed E-state index contributed by atoms with van der Waals surface area (Å²) in [5.41, 5.74) is 0.453. The monoisotopic (exact) mass is 223 g/mol. The smallest absolute Gasteiger partial charge is 0.260 e. The summed E-state index contributed by atoms with van der Waals surface area (Å²) >= 11 is 0. The fourth-order valence-electron chi connectivity index (χ4n) is 1.34. The Kier molecular flexibility index (Phi) is 3.50. The lowest BCUT2D eigenvalue weighted by atomic mass is 10.1. The van der Waals surface area contributed by atoms with Crippen molar-refractivity contribution in [2.24, 2.45) is 0 Å². The van der Waals surface area contributed by atoms with E-state index < -0.39 is 5.91 Å². The molecule has 86 valence electrons. The topological polar surface area (TPSA) is 77.8 Å². The zero-order chi connectivity index (χ0) is 12.3. The van der Waals surface area contributed by atoms with Crippen molar-refractivity contribution in [2.75, 3.05) is 6.54 Å². The molecule has 0 aliphatic rings. The number of amides is 2. The van der Waals surface area contributed by atoms with Crippen molar-refractivity contribution in [3.8, 4) is 11.5 Å². The first-order valence-electron chi connectivity index (χ1n) is 4.80. The molecule has 0 heterocycles. The Labute approximate surface area is 92.9 Å². The quantitative estimate of drug-likeness (QED) is 0.592. The standard InChI is InChI=1S/C11H13NO4/c1-3-12(6-13)11(16)8-4-5-9(14)10(15)7(8)2/h4-6,14-15H,3H2,1-2H3. The molecule has 0 aliphatic heterocycles. The van der Waals surface area contributed by atoms with Gasteiger partial charge in [0.2, 0.25) is 6.41 Å². The minimum atomic E-state index is -0.495. The molecule has 1 aromatic carbocycles. The summed E-state index contributed by atoms with van der Waals surface area (Å²) in [6, 6.07) is 2.59. The molecule has 0 fully saturated rings. The van der Waals surface area contributed by atoms with Gasteiger partial charge in [-0.1, -0.05) is 0 Å². The molecule has 0 saturated heterocycles. The summed E-state index contributed by atoms with van der Waals surface area (Å²) < 4.78 is 0. The predicted molar refractivity (Wildman–Crippen MR) is 57.3 cm³/mol. The first-order valence-corrected chi connectivity index (χ1v) is 4.80. The molecule has 0 bridgehead atoms. The van der Waals surface area contributed by atoms with Crippen molar-refractivity contribution in [3.05, 3.63) is 23.3 Å². The fraction of sp³-hybridized carbons (Fsp3) is 0.273. The highest BCUT2D eigenvalue weighted by Gasteiger charge is 2.18. The van der Waals surface area contributed by atoms with Crippen molar-refractivity contribution >= 4 is 12.3 Å². The van der Waals surface area contributed by atoms with E-state index in [9.17, 15) is 19.8 Å². The summed E-state index contributed by atoms with van der Waals surface area (Å²) in [4.78, 5) is 23.4. The van der Waals surface area contributed by atoms with Crippen LogP contribution in [-0.2, 0) is 4.79 Å². The van der Waals surface area contributed by atoms with Crippen molar-refractivity contribution in [2.45, 2.75) is 13.8 Å². The molecule has 0 saturated carbocycles. The minimum Gasteiger partial charge on any atom is -0.504 e. The number of hydrogen-bond donors (Lipinski definition) is 2. The molecule has 2 amide bonds. The van der Waals surface area contributed by atoms with Crippen LogP contribution < -0.4 is 0 Å². The lowest BCUT2D eigenvalue weighted by molar-refractivity contribution is -0.115. The van der Waals surface area contributed by atoms with Crippen LogP contribution in [0.4, 0.5) is 0 Å². The Bertz CT molecular complexity index is 428. The molecule has 1 rings (SSSR count). The van der Waals surface area contributed by atoms with Gasteiger partial charge >= 0.3 is 0 Å². The highest BCUT2D eigenvalue weighted by atomic mass is 16.3. The van der Waals surface area contributed by atoms with Gasteiger partial charge in [0, 0.05) is 17.7 Å². The molecule has 5 heteroatoms. The van der Waals surface area contributed by atoms with E-state index in [1.165, 1.54) is 19.1 Å². The Morgan fingerprint density at radius 3 is 2.56 bits per heavy atom. The van der Waals surface area contributed by atoms with Gasteiger partial charge < -0.3 is 10.2 Å². The van der Waals surface area contributed by atoms with E-state index in [2.05, 4.69) is 0 Å². The SMILES string of the molecule is CCN(C=O)C(=O)c1ccc(O)c(O)c1C. The van der Waals surface area contributed by atoms with Crippen LogP contribution in [0.15, 0.2) is 12.1 Å². The summed E-state index contributed by atoms with van der Waals surface area (Å²) in [7, 11) is 0. The van der Waals surface area contributed by atoms with E-state index in [0.29, 0.717) is 6.41 Å². The van der Waals surface area contributed by atoms with Gasteiger partial charge in [-0.05, 0) is 26.0 Å².